The van der Waals surface area contributed by atoms with Crippen LogP contribution in [0.1, 0.15) is 35.9 Å². The molecule has 2 heterocycles. The number of carbonyl (C=O) groups is 2. The first-order chi connectivity index (χ1) is 9.04. The molecule has 0 N–H and O–H groups in total. The van der Waals surface area contributed by atoms with E-state index in [0.29, 0.717) is 25.3 Å². The third-order valence-corrected chi connectivity index (χ3v) is 3.29. The highest BCUT2D eigenvalue weighted by Crippen LogP contribution is 2.21. The number of hydrogen-bond acceptors (Lipinski definition) is 4. The lowest BCUT2D eigenvalue weighted by Gasteiger charge is -2.22. The van der Waals surface area contributed by atoms with Gasteiger partial charge in [-0.1, -0.05) is 0 Å². The van der Waals surface area contributed by atoms with Crippen molar-refractivity contribution in [1.29, 1.82) is 0 Å². The second-order valence-electron chi connectivity index (χ2n) is 4.70. The Morgan fingerprint density at radius 1 is 1.53 bits per heavy atom. The lowest BCUT2D eigenvalue weighted by atomic mass is 10.2. The Morgan fingerprint density at radius 3 is 2.84 bits per heavy atom. The summed E-state index contributed by atoms with van der Waals surface area (Å²) in [6, 6.07) is 1.28. The van der Waals surface area contributed by atoms with Crippen LogP contribution in [-0.2, 0) is 16.6 Å². The first-order valence-electron chi connectivity index (χ1n) is 6.52. The van der Waals surface area contributed by atoms with Crippen LogP contribution in [0.25, 0.3) is 0 Å². The van der Waals surface area contributed by atoms with Gasteiger partial charge in [0.1, 0.15) is 11.7 Å². The average molecular weight is 265 g/mol. The molecule has 0 spiro atoms. The van der Waals surface area contributed by atoms with Crippen LogP contribution in [0.5, 0.6) is 0 Å². The van der Waals surface area contributed by atoms with Gasteiger partial charge in [-0.25, -0.2) is 4.79 Å². The summed E-state index contributed by atoms with van der Waals surface area (Å²) >= 11 is 0. The second-order valence-corrected chi connectivity index (χ2v) is 4.70. The average Bonchev–Trinajstić information content (AvgIpc) is 2.95. The van der Waals surface area contributed by atoms with Crippen molar-refractivity contribution in [2.45, 2.75) is 32.7 Å². The molecule has 2 rings (SSSR count). The van der Waals surface area contributed by atoms with E-state index in [1.165, 1.54) is 0 Å². The zero-order valence-electron chi connectivity index (χ0n) is 11.5. The van der Waals surface area contributed by atoms with Crippen LogP contribution in [0, 0.1) is 6.92 Å². The predicted molar refractivity (Wildman–Crippen MR) is 68.6 cm³/mol. The third-order valence-electron chi connectivity index (χ3n) is 3.29. The molecular weight excluding hydrogens is 246 g/mol. The Morgan fingerprint density at radius 2 is 2.26 bits per heavy atom. The Hall–Kier alpha value is -1.85. The fourth-order valence-corrected chi connectivity index (χ4v) is 2.45. The van der Waals surface area contributed by atoms with Gasteiger partial charge in [-0.2, -0.15) is 5.10 Å². The van der Waals surface area contributed by atoms with Crippen LogP contribution in [0.15, 0.2) is 6.07 Å². The molecule has 1 fully saturated rings. The molecule has 0 radical (unpaired) electrons. The number of likely N-dealkylation sites (tertiary alicyclic amines) is 1. The molecule has 19 heavy (non-hydrogen) atoms. The summed E-state index contributed by atoms with van der Waals surface area (Å²) in [7, 11) is 1.73. The first kappa shape index (κ1) is 13.6. The highest BCUT2D eigenvalue weighted by Gasteiger charge is 2.36. The summed E-state index contributed by atoms with van der Waals surface area (Å²) in [6.45, 7) is 4.53. The molecule has 1 amide bonds. The molecule has 104 valence electrons. The molecule has 6 nitrogen and oxygen atoms in total. The van der Waals surface area contributed by atoms with Gasteiger partial charge in [0, 0.05) is 13.6 Å². The number of carbonyl (C=O) groups excluding carboxylic acids is 2. The number of amides is 1. The second kappa shape index (κ2) is 5.42. The fraction of sp³-hybridized carbons (Fsp3) is 0.615. The maximum absolute atomic E-state index is 12.5. The monoisotopic (exact) mass is 265 g/mol. The number of ether oxygens (including phenoxy) is 1. The Balaban J connectivity index is 2.18. The van der Waals surface area contributed by atoms with Gasteiger partial charge < -0.3 is 9.64 Å². The minimum atomic E-state index is -0.456. The van der Waals surface area contributed by atoms with Gasteiger partial charge in [0.05, 0.1) is 12.3 Å². The Bertz CT molecular complexity index is 495. The van der Waals surface area contributed by atoms with E-state index in [9.17, 15) is 9.59 Å². The summed E-state index contributed by atoms with van der Waals surface area (Å²) in [4.78, 5) is 25.9. The molecule has 1 aromatic rings. The van der Waals surface area contributed by atoms with E-state index in [1.807, 2.05) is 6.92 Å². The molecule has 0 aromatic carbocycles. The number of rotatable bonds is 3. The molecule has 6 heteroatoms. The van der Waals surface area contributed by atoms with Crippen LogP contribution in [0.3, 0.4) is 0 Å². The van der Waals surface area contributed by atoms with E-state index < -0.39 is 6.04 Å². The van der Waals surface area contributed by atoms with Gasteiger partial charge in [-0.05, 0) is 32.8 Å². The van der Waals surface area contributed by atoms with Gasteiger partial charge in [0.15, 0.2) is 0 Å². The van der Waals surface area contributed by atoms with Crippen molar-refractivity contribution in [3.8, 4) is 0 Å². The van der Waals surface area contributed by atoms with Crippen molar-refractivity contribution in [2.75, 3.05) is 13.2 Å². The van der Waals surface area contributed by atoms with Crippen molar-refractivity contribution < 1.29 is 14.3 Å². The lowest BCUT2D eigenvalue weighted by molar-refractivity contribution is -0.147. The standard InChI is InChI=1S/C13H19N3O3/c1-4-19-13(18)10-6-5-7-16(10)12(17)11-8-9(2)14-15(11)3/h8,10H,4-7H2,1-3H3. The number of aryl methyl sites for hydroxylation is 2. The number of nitrogens with zero attached hydrogens (tertiary/aromatic N) is 3. The van der Waals surface area contributed by atoms with E-state index in [0.717, 1.165) is 12.1 Å². The maximum atomic E-state index is 12.5. The van der Waals surface area contributed by atoms with Gasteiger partial charge in [0.25, 0.3) is 5.91 Å². The summed E-state index contributed by atoms with van der Waals surface area (Å²) in [6.07, 6.45) is 1.49. The zero-order chi connectivity index (χ0) is 14.0. The van der Waals surface area contributed by atoms with Crippen LogP contribution in [0.4, 0.5) is 0 Å². The largest absolute Gasteiger partial charge is 0.464 e. The molecule has 1 unspecified atom stereocenters. The fourth-order valence-electron chi connectivity index (χ4n) is 2.45. The normalized spacial score (nSPS) is 18.7. The molecule has 1 aromatic heterocycles. The summed E-state index contributed by atoms with van der Waals surface area (Å²) in [5.74, 6) is -0.467. The predicted octanol–water partition coefficient (Wildman–Crippen LogP) is 0.896. The topological polar surface area (TPSA) is 64.4 Å². The molecule has 1 saturated heterocycles. The van der Waals surface area contributed by atoms with Crippen molar-refractivity contribution in [1.82, 2.24) is 14.7 Å². The maximum Gasteiger partial charge on any atom is 0.328 e. The first-order valence-corrected chi connectivity index (χ1v) is 6.52. The lowest BCUT2D eigenvalue weighted by Crippen LogP contribution is -2.42. The molecule has 0 saturated carbocycles. The third kappa shape index (κ3) is 2.62. The van der Waals surface area contributed by atoms with Gasteiger partial charge in [0.2, 0.25) is 0 Å². The number of aromatic nitrogens is 2. The molecule has 1 atom stereocenters. The minimum Gasteiger partial charge on any atom is -0.464 e. The number of esters is 1. The van der Waals surface area contributed by atoms with E-state index in [4.69, 9.17) is 4.74 Å². The van der Waals surface area contributed by atoms with Gasteiger partial charge >= 0.3 is 5.97 Å². The zero-order valence-corrected chi connectivity index (χ0v) is 11.5. The van der Waals surface area contributed by atoms with E-state index in [1.54, 1.807) is 29.6 Å². The van der Waals surface area contributed by atoms with Crippen molar-refractivity contribution in [3.05, 3.63) is 17.5 Å². The van der Waals surface area contributed by atoms with E-state index >= 15 is 0 Å². The quantitative estimate of drug-likeness (QED) is 0.762. The summed E-state index contributed by atoms with van der Waals surface area (Å²) in [5, 5.41) is 4.16. The molecule has 0 bridgehead atoms. The SMILES string of the molecule is CCOC(=O)C1CCCN1C(=O)c1cc(C)nn1C. The highest BCUT2D eigenvalue weighted by molar-refractivity contribution is 5.95. The van der Waals surface area contributed by atoms with E-state index in [2.05, 4.69) is 5.10 Å². The molecule has 0 aliphatic carbocycles. The van der Waals surface area contributed by atoms with Crippen molar-refractivity contribution >= 4 is 11.9 Å². The molecular formula is C13H19N3O3. The Kier molecular flexibility index (Phi) is 3.87. The summed E-state index contributed by atoms with van der Waals surface area (Å²) in [5.41, 5.74) is 1.30. The van der Waals surface area contributed by atoms with Crippen molar-refractivity contribution in [3.63, 3.8) is 0 Å². The van der Waals surface area contributed by atoms with Crippen molar-refractivity contribution in [2.24, 2.45) is 7.05 Å². The molecule has 1 aliphatic rings. The van der Waals surface area contributed by atoms with Gasteiger partial charge in [-0.15, -0.1) is 0 Å². The van der Waals surface area contributed by atoms with E-state index in [-0.39, 0.29) is 11.9 Å². The smallest absolute Gasteiger partial charge is 0.328 e. The summed E-state index contributed by atoms with van der Waals surface area (Å²) < 4.78 is 6.58. The minimum absolute atomic E-state index is 0.154. The van der Waals surface area contributed by atoms with Crippen LogP contribution in [-0.4, -0.2) is 45.8 Å². The highest BCUT2D eigenvalue weighted by atomic mass is 16.5. The van der Waals surface area contributed by atoms with Crippen LogP contribution < -0.4 is 0 Å². The Labute approximate surface area is 112 Å². The number of hydrogen-bond donors (Lipinski definition) is 0. The van der Waals surface area contributed by atoms with Crippen LogP contribution in [0.2, 0.25) is 0 Å². The van der Waals surface area contributed by atoms with Crippen LogP contribution >= 0.6 is 0 Å². The van der Waals surface area contributed by atoms with Gasteiger partial charge in [-0.3, -0.25) is 9.48 Å². The molecule has 1 aliphatic heterocycles.